The van der Waals surface area contributed by atoms with Crippen LogP contribution >= 0.6 is 11.8 Å². The lowest BCUT2D eigenvalue weighted by Crippen LogP contribution is -2.24. The van der Waals surface area contributed by atoms with Gasteiger partial charge in [0, 0.05) is 22.7 Å². The van der Waals surface area contributed by atoms with Crippen LogP contribution in [0.3, 0.4) is 0 Å². The lowest BCUT2D eigenvalue weighted by molar-refractivity contribution is -0.116. The number of thioether (sulfide) groups is 1. The molecule has 0 saturated heterocycles. The van der Waals surface area contributed by atoms with Crippen molar-refractivity contribution in [1.82, 2.24) is 0 Å². The fraction of sp³-hybridized carbons (Fsp3) is 0.417. The van der Waals surface area contributed by atoms with Gasteiger partial charge in [0.25, 0.3) is 0 Å². The molecular formula is C24H32N2O2S. The predicted molar refractivity (Wildman–Crippen MR) is 124 cm³/mol. The van der Waals surface area contributed by atoms with Crippen LogP contribution in [0.15, 0.2) is 53.4 Å². The summed E-state index contributed by atoms with van der Waals surface area (Å²) in [6.07, 6.45) is 3.13. The number of nitrogens with one attached hydrogen (secondary N) is 2. The maximum absolute atomic E-state index is 12.7. The summed E-state index contributed by atoms with van der Waals surface area (Å²) in [4.78, 5) is 25.7. The lowest BCUT2D eigenvalue weighted by Gasteiger charge is -2.16. The molecular weight excluding hydrogens is 380 g/mol. The number of amides is 2. The second-order valence-corrected chi connectivity index (χ2v) is 8.74. The minimum absolute atomic E-state index is 0.00724. The van der Waals surface area contributed by atoms with Crippen LogP contribution in [0, 0.1) is 0 Å². The van der Waals surface area contributed by atoms with E-state index in [0.717, 1.165) is 29.1 Å². The summed E-state index contributed by atoms with van der Waals surface area (Å²) < 4.78 is 0. The van der Waals surface area contributed by atoms with Crippen LogP contribution < -0.4 is 10.6 Å². The quantitative estimate of drug-likeness (QED) is 0.441. The summed E-state index contributed by atoms with van der Waals surface area (Å²) >= 11 is 1.52. The maximum Gasteiger partial charge on any atom is 0.237 e. The average Bonchev–Trinajstić information content (AvgIpc) is 2.71. The number of hydrogen-bond donors (Lipinski definition) is 2. The Hall–Kier alpha value is -2.27. The van der Waals surface area contributed by atoms with Crippen LogP contribution in [-0.4, -0.2) is 17.1 Å². The number of carbonyl (C=O) groups excluding carboxylic acids is 2. The number of hydrogen-bond acceptors (Lipinski definition) is 3. The third-order valence-electron chi connectivity index (χ3n) is 4.66. The number of carbonyl (C=O) groups is 2. The molecule has 2 rings (SSSR count). The van der Waals surface area contributed by atoms with E-state index in [1.807, 2.05) is 43.3 Å². The van der Waals surface area contributed by atoms with Gasteiger partial charge in [-0.3, -0.25) is 9.59 Å². The first-order chi connectivity index (χ1) is 13.9. The van der Waals surface area contributed by atoms with Crippen LogP contribution in [0.1, 0.15) is 64.9 Å². The standard InChI is InChI=1S/C24H32N2O2S/c1-5-7-11-23(27)25-20-9-8-10-21(16-20)29-22(6-2)24(28)26-19-14-12-18(13-15-19)17(3)4/h8-10,12-17,22H,5-7,11H2,1-4H3,(H,25,27)(H,26,28). The highest BCUT2D eigenvalue weighted by molar-refractivity contribution is 8.00. The highest BCUT2D eigenvalue weighted by Gasteiger charge is 2.18. The fourth-order valence-electron chi connectivity index (χ4n) is 2.87. The molecule has 4 nitrogen and oxygen atoms in total. The van der Waals surface area contributed by atoms with Crippen molar-refractivity contribution in [2.24, 2.45) is 0 Å². The van der Waals surface area contributed by atoms with Crippen molar-refractivity contribution in [3.05, 3.63) is 54.1 Å². The Morgan fingerprint density at radius 3 is 2.31 bits per heavy atom. The molecule has 156 valence electrons. The first-order valence-corrected chi connectivity index (χ1v) is 11.3. The van der Waals surface area contributed by atoms with E-state index in [1.54, 1.807) is 0 Å². The molecule has 0 aromatic heterocycles. The summed E-state index contributed by atoms with van der Waals surface area (Å²) in [5.41, 5.74) is 2.84. The highest BCUT2D eigenvalue weighted by Crippen LogP contribution is 2.29. The van der Waals surface area contributed by atoms with Gasteiger partial charge in [-0.2, -0.15) is 0 Å². The monoisotopic (exact) mass is 412 g/mol. The molecule has 0 heterocycles. The zero-order valence-electron chi connectivity index (χ0n) is 17.8. The van der Waals surface area contributed by atoms with Gasteiger partial charge >= 0.3 is 0 Å². The Morgan fingerprint density at radius 2 is 1.69 bits per heavy atom. The van der Waals surface area contributed by atoms with Crippen molar-refractivity contribution in [2.75, 3.05) is 10.6 Å². The number of anilines is 2. The molecule has 2 aromatic carbocycles. The van der Waals surface area contributed by atoms with Crippen molar-refractivity contribution in [2.45, 2.75) is 69.4 Å². The molecule has 1 atom stereocenters. The first-order valence-electron chi connectivity index (χ1n) is 10.4. The van der Waals surface area contributed by atoms with Gasteiger partial charge in [0.1, 0.15) is 0 Å². The topological polar surface area (TPSA) is 58.2 Å². The Morgan fingerprint density at radius 1 is 0.966 bits per heavy atom. The Balaban J connectivity index is 1.98. The molecule has 0 aliphatic heterocycles. The summed E-state index contributed by atoms with van der Waals surface area (Å²) in [5.74, 6) is 0.490. The molecule has 5 heteroatoms. The van der Waals surface area contributed by atoms with E-state index in [2.05, 4.69) is 43.5 Å². The van der Waals surface area contributed by atoms with Gasteiger partial charge in [0.15, 0.2) is 0 Å². The van der Waals surface area contributed by atoms with Gasteiger partial charge in [0.05, 0.1) is 5.25 Å². The van der Waals surface area contributed by atoms with E-state index in [1.165, 1.54) is 17.3 Å². The van der Waals surface area contributed by atoms with Gasteiger partial charge in [0.2, 0.25) is 11.8 Å². The van der Waals surface area contributed by atoms with E-state index >= 15 is 0 Å². The van der Waals surface area contributed by atoms with Crippen molar-refractivity contribution in [1.29, 1.82) is 0 Å². The van der Waals surface area contributed by atoms with E-state index in [9.17, 15) is 9.59 Å². The molecule has 29 heavy (non-hydrogen) atoms. The zero-order valence-corrected chi connectivity index (χ0v) is 18.6. The molecule has 0 fully saturated rings. The van der Waals surface area contributed by atoms with E-state index < -0.39 is 0 Å². The first kappa shape index (κ1) is 23.0. The minimum Gasteiger partial charge on any atom is -0.326 e. The predicted octanol–water partition coefficient (Wildman–Crippen LogP) is 6.45. The van der Waals surface area contributed by atoms with Crippen molar-refractivity contribution < 1.29 is 9.59 Å². The minimum atomic E-state index is -0.203. The number of rotatable bonds is 10. The third-order valence-corrected chi connectivity index (χ3v) is 6.02. The van der Waals surface area contributed by atoms with Gasteiger partial charge in [-0.25, -0.2) is 0 Å². The molecule has 1 unspecified atom stereocenters. The lowest BCUT2D eigenvalue weighted by atomic mass is 10.0. The molecule has 2 aromatic rings. The second-order valence-electron chi connectivity index (χ2n) is 7.46. The van der Waals surface area contributed by atoms with Crippen molar-refractivity contribution >= 4 is 35.0 Å². The van der Waals surface area contributed by atoms with Crippen LogP contribution in [0.2, 0.25) is 0 Å². The Bertz CT molecular complexity index is 803. The largest absolute Gasteiger partial charge is 0.326 e. The van der Waals surface area contributed by atoms with Gasteiger partial charge in [-0.05, 0) is 54.7 Å². The summed E-state index contributed by atoms with van der Waals surface area (Å²) in [7, 11) is 0. The van der Waals surface area contributed by atoms with Crippen molar-refractivity contribution in [3.63, 3.8) is 0 Å². The zero-order chi connectivity index (χ0) is 21.2. The highest BCUT2D eigenvalue weighted by atomic mass is 32.2. The molecule has 0 aliphatic carbocycles. The normalized spacial score (nSPS) is 11.9. The van der Waals surface area contributed by atoms with E-state index in [0.29, 0.717) is 18.8 Å². The molecule has 0 bridgehead atoms. The van der Waals surface area contributed by atoms with Gasteiger partial charge in [-0.15, -0.1) is 11.8 Å². The molecule has 2 N–H and O–H groups in total. The SMILES string of the molecule is CCCCC(=O)Nc1cccc(SC(CC)C(=O)Nc2ccc(C(C)C)cc2)c1. The van der Waals surface area contributed by atoms with Gasteiger partial charge < -0.3 is 10.6 Å². The van der Waals surface area contributed by atoms with Crippen LogP contribution in [0.25, 0.3) is 0 Å². The van der Waals surface area contributed by atoms with Crippen molar-refractivity contribution in [3.8, 4) is 0 Å². The molecule has 0 saturated carbocycles. The Kier molecular flexibility index (Phi) is 9.26. The van der Waals surface area contributed by atoms with Crippen LogP contribution in [0.5, 0.6) is 0 Å². The van der Waals surface area contributed by atoms with Crippen LogP contribution in [-0.2, 0) is 9.59 Å². The Labute approximate surface area is 178 Å². The molecule has 2 amide bonds. The fourth-order valence-corrected chi connectivity index (χ4v) is 3.88. The van der Waals surface area contributed by atoms with E-state index in [-0.39, 0.29) is 17.1 Å². The average molecular weight is 413 g/mol. The van der Waals surface area contributed by atoms with Gasteiger partial charge in [-0.1, -0.05) is 52.3 Å². The molecule has 0 radical (unpaired) electrons. The molecule has 0 spiro atoms. The van der Waals surface area contributed by atoms with Crippen LogP contribution in [0.4, 0.5) is 11.4 Å². The second kappa shape index (κ2) is 11.7. The summed E-state index contributed by atoms with van der Waals surface area (Å²) in [6, 6.07) is 15.7. The summed E-state index contributed by atoms with van der Waals surface area (Å²) in [5, 5.41) is 5.76. The third kappa shape index (κ3) is 7.58. The maximum atomic E-state index is 12.7. The molecule has 0 aliphatic rings. The number of benzene rings is 2. The smallest absolute Gasteiger partial charge is 0.237 e. The number of unbranched alkanes of at least 4 members (excludes halogenated alkanes) is 1. The van der Waals surface area contributed by atoms with E-state index in [4.69, 9.17) is 0 Å². The summed E-state index contributed by atoms with van der Waals surface area (Å²) in [6.45, 7) is 8.38.